The molecule has 3 N–H and O–H groups in total. The molecule has 0 atom stereocenters. The number of carbonyl (C=O) groups excluding carboxylic acids is 2. The van der Waals surface area contributed by atoms with Gasteiger partial charge in [-0.05, 0) is 37.3 Å². The summed E-state index contributed by atoms with van der Waals surface area (Å²) in [6.45, 7) is 1.90. The molecule has 0 spiro atoms. The maximum atomic E-state index is 12.6. The predicted molar refractivity (Wildman–Crippen MR) is 105 cm³/mol. The average molecular weight is 401 g/mol. The minimum atomic E-state index is -1.18. The molecule has 0 bridgehead atoms. The second-order valence-corrected chi connectivity index (χ2v) is 6.40. The number of anilines is 1. The first-order chi connectivity index (χ1) is 13.4. The highest BCUT2D eigenvalue weighted by molar-refractivity contribution is 6.31. The van der Waals surface area contributed by atoms with E-state index in [9.17, 15) is 19.5 Å². The number of hydrogen-bond acceptors (Lipinski definition) is 4. The third-order valence-corrected chi connectivity index (χ3v) is 4.35. The predicted octanol–water partition coefficient (Wildman–Crippen LogP) is 3.88. The number of ether oxygens (including phenoxy) is 1. The second-order valence-electron chi connectivity index (χ2n) is 5.96. The Morgan fingerprint density at radius 1 is 1.18 bits per heavy atom. The first kappa shape index (κ1) is 19.4. The standard InChI is InChI=1S/C20H17ClN2O5/c1-2-28-20(27)12-5-3-4-6-15(12)22-17(24)10-14-13-9-11(21)7-8-16(13)23-18(14)19(25)26/h3-9,23H,2,10H2,1H3,(H,22,24)(H,25,26). The van der Waals surface area contributed by atoms with Gasteiger partial charge < -0.3 is 20.1 Å². The molecule has 0 aliphatic rings. The molecule has 1 aromatic heterocycles. The Bertz CT molecular complexity index is 1070. The van der Waals surface area contributed by atoms with Crippen LogP contribution < -0.4 is 5.32 Å². The number of carboxylic acid groups (broad SMARTS) is 1. The van der Waals surface area contributed by atoms with Crippen LogP contribution in [0.4, 0.5) is 5.69 Å². The molecule has 0 aliphatic carbocycles. The smallest absolute Gasteiger partial charge is 0.352 e. The zero-order valence-electron chi connectivity index (χ0n) is 14.9. The first-order valence-electron chi connectivity index (χ1n) is 8.50. The summed E-state index contributed by atoms with van der Waals surface area (Å²) in [5.74, 6) is -2.20. The Morgan fingerprint density at radius 3 is 2.64 bits per heavy atom. The number of carbonyl (C=O) groups is 3. The van der Waals surface area contributed by atoms with Gasteiger partial charge in [0.05, 0.1) is 24.3 Å². The van der Waals surface area contributed by atoms with Gasteiger partial charge in [0, 0.05) is 21.5 Å². The molecule has 0 aliphatic heterocycles. The van der Waals surface area contributed by atoms with Crippen molar-refractivity contribution in [2.24, 2.45) is 0 Å². The maximum Gasteiger partial charge on any atom is 0.352 e. The van der Waals surface area contributed by atoms with E-state index in [4.69, 9.17) is 16.3 Å². The number of aromatic nitrogens is 1. The van der Waals surface area contributed by atoms with Crippen molar-refractivity contribution in [2.75, 3.05) is 11.9 Å². The van der Waals surface area contributed by atoms with E-state index in [1.54, 1.807) is 49.4 Å². The maximum absolute atomic E-state index is 12.6. The van der Waals surface area contributed by atoms with E-state index in [-0.39, 0.29) is 24.3 Å². The number of para-hydroxylation sites is 1. The van der Waals surface area contributed by atoms with Crippen molar-refractivity contribution < 1.29 is 24.2 Å². The summed E-state index contributed by atoms with van der Waals surface area (Å²) in [6.07, 6.45) is -0.209. The highest BCUT2D eigenvalue weighted by Crippen LogP contribution is 2.27. The van der Waals surface area contributed by atoms with E-state index in [0.29, 0.717) is 27.2 Å². The number of halogens is 1. The summed E-state index contributed by atoms with van der Waals surface area (Å²) >= 11 is 6.02. The van der Waals surface area contributed by atoms with Gasteiger partial charge in [0.1, 0.15) is 5.69 Å². The van der Waals surface area contributed by atoms with Crippen LogP contribution >= 0.6 is 11.6 Å². The summed E-state index contributed by atoms with van der Waals surface area (Å²) in [5, 5.41) is 13.1. The van der Waals surface area contributed by atoms with Crippen molar-refractivity contribution in [3.8, 4) is 0 Å². The van der Waals surface area contributed by atoms with Crippen LogP contribution in [0, 0.1) is 0 Å². The number of carboxylic acids is 1. The van der Waals surface area contributed by atoms with Gasteiger partial charge in [-0.1, -0.05) is 23.7 Å². The Hall–Kier alpha value is -3.32. The van der Waals surface area contributed by atoms with Crippen LogP contribution in [0.2, 0.25) is 5.02 Å². The third kappa shape index (κ3) is 3.99. The van der Waals surface area contributed by atoms with Gasteiger partial charge in [0.15, 0.2) is 0 Å². The summed E-state index contributed by atoms with van der Waals surface area (Å²) < 4.78 is 4.99. The lowest BCUT2D eigenvalue weighted by Crippen LogP contribution is -2.18. The Labute approximate surface area is 165 Å². The van der Waals surface area contributed by atoms with E-state index in [1.807, 2.05) is 0 Å². The van der Waals surface area contributed by atoms with Crippen molar-refractivity contribution in [1.29, 1.82) is 0 Å². The number of amides is 1. The fraction of sp³-hybridized carbons (Fsp3) is 0.150. The summed E-state index contributed by atoms with van der Waals surface area (Å²) in [7, 11) is 0. The molecular formula is C20H17ClN2O5. The van der Waals surface area contributed by atoms with Crippen molar-refractivity contribution in [3.05, 3.63) is 64.3 Å². The molecule has 7 nitrogen and oxygen atoms in total. The lowest BCUT2D eigenvalue weighted by molar-refractivity contribution is -0.115. The van der Waals surface area contributed by atoms with Gasteiger partial charge in [0.2, 0.25) is 5.91 Å². The van der Waals surface area contributed by atoms with Crippen LogP contribution in [-0.4, -0.2) is 34.5 Å². The molecule has 0 unspecified atom stereocenters. The monoisotopic (exact) mass is 400 g/mol. The van der Waals surface area contributed by atoms with E-state index >= 15 is 0 Å². The topological polar surface area (TPSA) is 108 Å². The second kappa shape index (κ2) is 8.14. The summed E-state index contributed by atoms with van der Waals surface area (Å²) in [5.41, 5.74) is 1.32. The van der Waals surface area contributed by atoms with Gasteiger partial charge in [-0.25, -0.2) is 9.59 Å². The highest BCUT2D eigenvalue weighted by atomic mass is 35.5. The van der Waals surface area contributed by atoms with Gasteiger partial charge in [-0.3, -0.25) is 4.79 Å². The normalized spacial score (nSPS) is 10.6. The number of rotatable bonds is 6. The van der Waals surface area contributed by atoms with E-state index in [0.717, 1.165) is 0 Å². The minimum absolute atomic E-state index is 0.0777. The third-order valence-electron chi connectivity index (χ3n) is 4.12. The highest BCUT2D eigenvalue weighted by Gasteiger charge is 2.21. The Kier molecular flexibility index (Phi) is 5.65. The van der Waals surface area contributed by atoms with Crippen molar-refractivity contribution in [3.63, 3.8) is 0 Å². The number of aromatic carboxylic acids is 1. The molecule has 1 amide bonds. The van der Waals surface area contributed by atoms with Crippen LogP contribution in [0.1, 0.15) is 33.3 Å². The Morgan fingerprint density at radius 2 is 1.93 bits per heavy atom. The molecular weight excluding hydrogens is 384 g/mol. The van der Waals surface area contributed by atoms with Gasteiger partial charge in [0.25, 0.3) is 0 Å². The fourth-order valence-electron chi connectivity index (χ4n) is 2.92. The lowest BCUT2D eigenvalue weighted by Gasteiger charge is -2.10. The largest absolute Gasteiger partial charge is 0.477 e. The van der Waals surface area contributed by atoms with Crippen molar-refractivity contribution in [2.45, 2.75) is 13.3 Å². The zero-order chi connectivity index (χ0) is 20.3. The number of esters is 1. The van der Waals surface area contributed by atoms with Crippen molar-refractivity contribution in [1.82, 2.24) is 4.98 Å². The fourth-order valence-corrected chi connectivity index (χ4v) is 3.09. The minimum Gasteiger partial charge on any atom is -0.477 e. The van der Waals surface area contributed by atoms with Gasteiger partial charge in [-0.15, -0.1) is 0 Å². The molecule has 0 saturated heterocycles. The number of benzene rings is 2. The molecule has 0 fully saturated rings. The molecule has 28 heavy (non-hydrogen) atoms. The summed E-state index contributed by atoms with van der Waals surface area (Å²) in [4.78, 5) is 39.0. The zero-order valence-corrected chi connectivity index (χ0v) is 15.7. The van der Waals surface area contributed by atoms with Crippen LogP contribution in [0.15, 0.2) is 42.5 Å². The molecule has 3 aromatic rings. The summed E-state index contributed by atoms with van der Waals surface area (Å²) in [6, 6.07) is 11.3. The van der Waals surface area contributed by atoms with Gasteiger partial charge >= 0.3 is 11.9 Å². The number of H-pyrrole nitrogens is 1. The Balaban J connectivity index is 1.91. The molecule has 8 heteroatoms. The number of fused-ring (bicyclic) bond motifs is 1. The van der Waals surface area contributed by atoms with Crippen LogP contribution in [0.25, 0.3) is 10.9 Å². The molecule has 144 valence electrons. The van der Waals surface area contributed by atoms with Crippen LogP contribution in [-0.2, 0) is 16.0 Å². The number of aromatic amines is 1. The van der Waals surface area contributed by atoms with Gasteiger partial charge in [-0.2, -0.15) is 0 Å². The molecule has 1 heterocycles. The van der Waals surface area contributed by atoms with E-state index in [2.05, 4.69) is 10.3 Å². The number of hydrogen-bond donors (Lipinski definition) is 3. The molecule has 0 saturated carbocycles. The quantitative estimate of drug-likeness (QED) is 0.544. The lowest BCUT2D eigenvalue weighted by atomic mass is 10.1. The van der Waals surface area contributed by atoms with E-state index < -0.39 is 17.8 Å². The molecule has 3 rings (SSSR count). The molecule has 2 aromatic carbocycles. The first-order valence-corrected chi connectivity index (χ1v) is 8.88. The van der Waals surface area contributed by atoms with Crippen LogP contribution in [0.5, 0.6) is 0 Å². The average Bonchev–Trinajstić information content (AvgIpc) is 3.00. The van der Waals surface area contributed by atoms with Crippen LogP contribution in [0.3, 0.4) is 0 Å². The molecule has 0 radical (unpaired) electrons. The van der Waals surface area contributed by atoms with Crippen molar-refractivity contribution >= 4 is 46.0 Å². The number of nitrogens with one attached hydrogen (secondary N) is 2. The SMILES string of the molecule is CCOC(=O)c1ccccc1NC(=O)Cc1c(C(=O)O)[nH]c2ccc(Cl)cc12. The van der Waals surface area contributed by atoms with E-state index in [1.165, 1.54) is 0 Å².